The molecule has 3 N–H and O–H groups in total. The van der Waals surface area contributed by atoms with Gasteiger partial charge >= 0.3 is 0 Å². The van der Waals surface area contributed by atoms with Crippen LogP contribution in [0.25, 0.3) is 0 Å². The van der Waals surface area contributed by atoms with Gasteiger partial charge in [0.15, 0.2) is 0 Å². The summed E-state index contributed by atoms with van der Waals surface area (Å²) in [6, 6.07) is 0.110. The summed E-state index contributed by atoms with van der Waals surface area (Å²) in [4.78, 5) is 0. The van der Waals surface area contributed by atoms with E-state index in [9.17, 15) is 0 Å². The van der Waals surface area contributed by atoms with E-state index in [0.29, 0.717) is 5.92 Å². The maximum Gasteiger partial charge on any atom is 0.0844 e. The van der Waals surface area contributed by atoms with Crippen molar-refractivity contribution in [3.05, 3.63) is 11.9 Å². The highest BCUT2D eigenvalue weighted by Crippen LogP contribution is 2.36. The second-order valence-corrected chi connectivity index (χ2v) is 4.62. The number of hydrogen-bond donors (Lipinski definition) is 2. The SMILES string of the molecule is CCOC(C1CC1)C(Cc1cn(C)nn1)NN. The Hall–Kier alpha value is -0.980. The Morgan fingerprint density at radius 1 is 1.65 bits per heavy atom. The van der Waals surface area contributed by atoms with Crippen molar-refractivity contribution in [3.8, 4) is 0 Å². The number of rotatable bonds is 7. The van der Waals surface area contributed by atoms with Crippen LogP contribution in [0.15, 0.2) is 6.20 Å². The quantitative estimate of drug-likeness (QED) is 0.517. The highest BCUT2D eigenvalue weighted by Gasteiger charge is 2.37. The number of aryl methyl sites for hydroxylation is 1. The van der Waals surface area contributed by atoms with Crippen LogP contribution < -0.4 is 11.3 Å². The minimum Gasteiger partial charge on any atom is -0.377 e. The molecule has 0 bridgehead atoms. The molecule has 0 saturated heterocycles. The van der Waals surface area contributed by atoms with Crippen LogP contribution >= 0.6 is 0 Å². The monoisotopic (exact) mass is 239 g/mol. The van der Waals surface area contributed by atoms with Crippen molar-refractivity contribution in [1.82, 2.24) is 20.4 Å². The Morgan fingerprint density at radius 3 is 2.88 bits per heavy atom. The van der Waals surface area contributed by atoms with Crippen molar-refractivity contribution in [2.45, 2.75) is 38.3 Å². The molecule has 0 radical (unpaired) electrons. The molecule has 1 aliphatic carbocycles. The average Bonchev–Trinajstić information content (AvgIpc) is 3.07. The molecule has 6 heteroatoms. The third kappa shape index (κ3) is 3.24. The number of nitrogens with two attached hydrogens (primary N) is 1. The average molecular weight is 239 g/mol. The highest BCUT2D eigenvalue weighted by molar-refractivity contribution is 5.00. The first kappa shape index (κ1) is 12.5. The molecule has 1 aromatic heterocycles. The van der Waals surface area contributed by atoms with Gasteiger partial charge in [-0.2, -0.15) is 0 Å². The lowest BCUT2D eigenvalue weighted by molar-refractivity contribution is 0.0189. The zero-order chi connectivity index (χ0) is 12.3. The molecule has 17 heavy (non-hydrogen) atoms. The van der Waals surface area contributed by atoms with Gasteiger partial charge in [-0.3, -0.25) is 16.0 Å². The first-order chi connectivity index (χ1) is 8.24. The molecule has 0 aliphatic heterocycles. The third-order valence-electron chi connectivity index (χ3n) is 3.14. The topological polar surface area (TPSA) is 78.0 Å². The number of nitrogens with one attached hydrogen (secondary N) is 1. The Morgan fingerprint density at radius 2 is 2.41 bits per heavy atom. The molecule has 1 aromatic rings. The fourth-order valence-electron chi connectivity index (χ4n) is 2.18. The van der Waals surface area contributed by atoms with Gasteiger partial charge in [-0.25, -0.2) is 0 Å². The lowest BCUT2D eigenvalue weighted by atomic mass is 10.0. The molecular formula is C11H21N5O. The van der Waals surface area contributed by atoms with Gasteiger partial charge in [0.2, 0.25) is 0 Å². The molecule has 0 aromatic carbocycles. The summed E-state index contributed by atoms with van der Waals surface area (Å²) in [5.74, 6) is 6.29. The van der Waals surface area contributed by atoms with Crippen LogP contribution in [-0.2, 0) is 18.2 Å². The molecule has 1 heterocycles. The van der Waals surface area contributed by atoms with E-state index >= 15 is 0 Å². The zero-order valence-corrected chi connectivity index (χ0v) is 10.5. The van der Waals surface area contributed by atoms with Crippen molar-refractivity contribution in [3.63, 3.8) is 0 Å². The number of nitrogens with zero attached hydrogens (tertiary/aromatic N) is 3. The molecule has 0 amide bonds. The summed E-state index contributed by atoms with van der Waals surface area (Å²) >= 11 is 0. The van der Waals surface area contributed by atoms with E-state index in [-0.39, 0.29) is 12.1 Å². The zero-order valence-electron chi connectivity index (χ0n) is 10.5. The first-order valence-electron chi connectivity index (χ1n) is 6.17. The van der Waals surface area contributed by atoms with Crippen molar-refractivity contribution in [2.24, 2.45) is 18.8 Å². The molecule has 96 valence electrons. The van der Waals surface area contributed by atoms with E-state index in [1.54, 1.807) is 4.68 Å². The van der Waals surface area contributed by atoms with E-state index in [2.05, 4.69) is 15.7 Å². The van der Waals surface area contributed by atoms with E-state index in [1.165, 1.54) is 12.8 Å². The third-order valence-corrected chi connectivity index (χ3v) is 3.14. The van der Waals surface area contributed by atoms with Crippen LogP contribution in [0.5, 0.6) is 0 Å². The molecule has 0 spiro atoms. The summed E-state index contributed by atoms with van der Waals surface area (Å²) < 4.78 is 7.50. The second kappa shape index (κ2) is 5.57. The highest BCUT2D eigenvalue weighted by atomic mass is 16.5. The Balaban J connectivity index is 1.98. The number of hydrazine groups is 1. The van der Waals surface area contributed by atoms with Crippen LogP contribution in [0.4, 0.5) is 0 Å². The van der Waals surface area contributed by atoms with Crippen LogP contribution in [0.2, 0.25) is 0 Å². The van der Waals surface area contributed by atoms with Gasteiger partial charge < -0.3 is 4.74 Å². The smallest absolute Gasteiger partial charge is 0.0844 e. The normalized spacial score (nSPS) is 19.2. The predicted octanol–water partition coefficient (Wildman–Crippen LogP) is 0.00460. The van der Waals surface area contributed by atoms with E-state index in [1.807, 2.05) is 20.2 Å². The molecule has 1 aliphatic rings. The predicted molar refractivity (Wildman–Crippen MR) is 64.0 cm³/mol. The number of hydrogen-bond acceptors (Lipinski definition) is 5. The summed E-state index contributed by atoms with van der Waals surface area (Å²) in [7, 11) is 1.86. The standard InChI is InChI=1S/C11H21N5O/c1-3-17-11(8-4-5-8)10(13-12)6-9-7-16(2)15-14-9/h7-8,10-11,13H,3-6,12H2,1-2H3. The van der Waals surface area contributed by atoms with Gasteiger partial charge in [0.1, 0.15) is 0 Å². The Labute approximate surface area is 101 Å². The molecule has 2 atom stereocenters. The largest absolute Gasteiger partial charge is 0.377 e. The molecule has 2 rings (SSSR count). The van der Waals surface area contributed by atoms with Gasteiger partial charge in [0.25, 0.3) is 0 Å². The molecular weight excluding hydrogens is 218 g/mol. The summed E-state index contributed by atoms with van der Waals surface area (Å²) in [5.41, 5.74) is 3.81. The molecule has 1 saturated carbocycles. The molecule has 1 fully saturated rings. The van der Waals surface area contributed by atoms with Crippen LogP contribution in [-0.4, -0.2) is 33.7 Å². The van der Waals surface area contributed by atoms with E-state index in [0.717, 1.165) is 18.7 Å². The van der Waals surface area contributed by atoms with Gasteiger partial charge in [0, 0.05) is 26.3 Å². The maximum atomic E-state index is 5.80. The summed E-state index contributed by atoms with van der Waals surface area (Å²) in [5, 5.41) is 8.01. The van der Waals surface area contributed by atoms with Crippen LogP contribution in [0.3, 0.4) is 0 Å². The number of ether oxygens (including phenoxy) is 1. The van der Waals surface area contributed by atoms with Gasteiger partial charge in [-0.05, 0) is 25.7 Å². The van der Waals surface area contributed by atoms with Gasteiger partial charge in [-0.1, -0.05) is 5.21 Å². The van der Waals surface area contributed by atoms with Crippen molar-refractivity contribution < 1.29 is 4.74 Å². The van der Waals surface area contributed by atoms with Crippen molar-refractivity contribution in [1.29, 1.82) is 0 Å². The summed E-state index contributed by atoms with van der Waals surface area (Å²) in [6.07, 6.45) is 5.34. The Bertz CT molecular complexity index is 349. The lowest BCUT2D eigenvalue weighted by Gasteiger charge is -2.25. The molecule has 6 nitrogen and oxygen atoms in total. The molecule has 2 unspecified atom stereocenters. The fraction of sp³-hybridized carbons (Fsp3) is 0.818. The van der Waals surface area contributed by atoms with Crippen molar-refractivity contribution in [2.75, 3.05) is 6.61 Å². The van der Waals surface area contributed by atoms with Gasteiger partial charge in [-0.15, -0.1) is 5.10 Å². The van der Waals surface area contributed by atoms with Gasteiger partial charge in [0.05, 0.1) is 17.8 Å². The number of aromatic nitrogens is 3. The lowest BCUT2D eigenvalue weighted by Crippen LogP contribution is -2.47. The van der Waals surface area contributed by atoms with Crippen LogP contribution in [0.1, 0.15) is 25.5 Å². The minimum atomic E-state index is 0.110. The second-order valence-electron chi connectivity index (χ2n) is 4.62. The van der Waals surface area contributed by atoms with Crippen LogP contribution in [0, 0.1) is 5.92 Å². The summed E-state index contributed by atoms with van der Waals surface area (Å²) in [6.45, 7) is 2.74. The van der Waals surface area contributed by atoms with E-state index in [4.69, 9.17) is 10.6 Å². The van der Waals surface area contributed by atoms with Crippen molar-refractivity contribution >= 4 is 0 Å². The maximum absolute atomic E-state index is 5.80. The Kier molecular flexibility index (Phi) is 4.09. The first-order valence-corrected chi connectivity index (χ1v) is 6.17. The minimum absolute atomic E-state index is 0.110. The van der Waals surface area contributed by atoms with E-state index < -0.39 is 0 Å². The fourth-order valence-corrected chi connectivity index (χ4v) is 2.18.